The van der Waals surface area contributed by atoms with E-state index in [2.05, 4.69) is 25.4 Å². The lowest BCUT2D eigenvalue weighted by molar-refractivity contribution is -0.138. The van der Waals surface area contributed by atoms with Crippen LogP contribution in [0.4, 0.5) is 30.8 Å². The summed E-state index contributed by atoms with van der Waals surface area (Å²) < 4.78 is 39.2. The highest BCUT2D eigenvalue weighted by atomic mass is 19.4. The number of aryl methyl sites for hydroxylation is 1. The van der Waals surface area contributed by atoms with Gasteiger partial charge in [0.05, 0.1) is 5.69 Å². The third-order valence-electron chi connectivity index (χ3n) is 5.03. The summed E-state index contributed by atoms with van der Waals surface area (Å²) in [6.45, 7) is -1.32. The molecule has 0 radical (unpaired) electrons. The van der Waals surface area contributed by atoms with E-state index in [1.165, 1.54) is 12.1 Å². The van der Waals surface area contributed by atoms with E-state index >= 15 is 0 Å². The molecule has 0 saturated carbocycles. The van der Waals surface area contributed by atoms with Crippen molar-refractivity contribution in [2.75, 3.05) is 24.6 Å². The van der Waals surface area contributed by atoms with Crippen molar-refractivity contribution in [2.24, 2.45) is 7.05 Å². The van der Waals surface area contributed by atoms with Gasteiger partial charge in [0.15, 0.2) is 5.82 Å². The summed E-state index contributed by atoms with van der Waals surface area (Å²) in [4.78, 5) is 25.4. The van der Waals surface area contributed by atoms with Crippen molar-refractivity contribution < 1.29 is 18.0 Å². The second-order valence-electron chi connectivity index (χ2n) is 7.74. The molecule has 2 aromatic carbocycles. The number of anilines is 3. The monoisotopic (exact) mass is 482 g/mol. The van der Waals surface area contributed by atoms with E-state index in [1.807, 2.05) is 24.3 Å². The third-order valence-corrected chi connectivity index (χ3v) is 5.03. The van der Waals surface area contributed by atoms with Crippen molar-refractivity contribution in [2.45, 2.75) is 6.18 Å². The number of carbonyl (C=O) groups is 1. The number of hydrogen-bond donors (Lipinski definition) is 2. The number of nitrogens with zero attached hydrogens (tertiary/aromatic N) is 6. The van der Waals surface area contributed by atoms with Crippen LogP contribution in [0.15, 0.2) is 60.8 Å². The number of halogens is 3. The Labute approximate surface area is 198 Å². The molecule has 2 heterocycles. The highest BCUT2D eigenvalue weighted by molar-refractivity contribution is 5.94. The molecule has 0 aliphatic carbocycles. The van der Waals surface area contributed by atoms with E-state index in [4.69, 9.17) is 5.73 Å². The first-order chi connectivity index (χ1) is 16.6. The molecule has 0 fully saturated rings. The van der Waals surface area contributed by atoms with Crippen LogP contribution in [-0.2, 0) is 7.05 Å². The molecular formula is C23H21F3N8O. The summed E-state index contributed by atoms with van der Waals surface area (Å²) in [5.74, 6) is 0.343. The van der Waals surface area contributed by atoms with Crippen molar-refractivity contribution in [3.63, 3.8) is 0 Å². The number of nitrogens with one attached hydrogen (secondary N) is 1. The van der Waals surface area contributed by atoms with Gasteiger partial charge in [-0.25, -0.2) is 14.6 Å². The normalized spacial score (nSPS) is 11.3. The van der Waals surface area contributed by atoms with Gasteiger partial charge in [0.2, 0.25) is 11.9 Å². The van der Waals surface area contributed by atoms with Crippen LogP contribution >= 0.6 is 0 Å². The molecule has 0 bridgehead atoms. The zero-order valence-corrected chi connectivity index (χ0v) is 18.8. The largest absolute Gasteiger partial charge is 0.406 e. The number of carbonyl (C=O) groups excluding carboxylic acids is 1. The van der Waals surface area contributed by atoms with Crippen molar-refractivity contribution in [3.8, 4) is 22.6 Å². The molecule has 2 aromatic heterocycles. The summed E-state index contributed by atoms with van der Waals surface area (Å²) in [6.07, 6.45) is -2.87. The molecule has 0 unspecified atom stereocenters. The Morgan fingerprint density at radius 3 is 2.31 bits per heavy atom. The minimum atomic E-state index is -4.46. The number of alkyl halides is 3. The van der Waals surface area contributed by atoms with Crippen molar-refractivity contribution in [3.05, 3.63) is 66.4 Å². The predicted octanol–water partition coefficient (Wildman–Crippen LogP) is 3.90. The molecule has 4 rings (SSSR count). The van der Waals surface area contributed by atoms with Crippen LogP contribution in [-0.4, -0.2) is 55.3 Å². The lowest BCUT2D eigenvalue weighted by atomic mass is 10.1. The number of benzene rings is 2. The summed E-state index contributed by atoms with van der Waals surface area (Å²) in [7, 11) is 2.83. The second kappa shape index (κ2) is 9.41. The van der Waals surface area contributed by atoms with Gasteiger partial charge in [0.25, 0.3) is 5.91 Å². The number of nitrogen functional groups attached to an aromatic ring is 1. The summed E-state index contributed by atoms with van der Waals surface area (Å²) >= 11 is 0. The second-order valence-corrected chi connectivity index (χ2v) is 7.74. The molecule has 1 amide bonds. The minimum Gasteiger partial charge on any atom is -0.368 e. The van der Waals surface area contributed by atoms with Gasteiger partial charge >= 0.3 is 6.18 Å². The van der Waals surface area contributed by atoms with Gasteiger partial charge in [0, 0.05) is 42.7 Å². The Morgan fingerprint density at radius 1 is 1.03 bits per heavy atom. The standard InChI is InChI=1S/C23H21F3N8O/c1-33(13-23(24,25)26)20(35)16-5-3-15(4-6-16)19-31-22(34(2)32-19)29-17-9-7-14(8-10-17)18-11-12-28-21(27)30-18/h3-12H,13H2,1-2H3,(H2,27,28,30)(H,29,31,32). The van der Waals surface area contributed by atoms with Gasteiger partial charge in [-0.2, -0.15) is 18.2 Å². The van der Waals surface area contributed by atoms with Crippen LogP contribution < -0.4 is 11.1 Å². The van der Waals surface area contributed by atoms with Crippen LogP contribution in [0, 0.1) is 0 Å². The molecule has 0 atom stereocenters. The van der Waals surface area contributed by atoms with Crippen LogP contribution in [0.25, 0.3) is 22.6 Å². The SMILES string of the molecule is CN(CC(F)(F)F)C(=O)c1ccc(-c2nc(Nc3ccc(-c4ccnc(N)n4)cc3)n(C)n2)cc1. The summed E-state index contributed by atoms with van der Waals surface area (Å²) in [5.41, 5.74) is 8.74. The van der Waals surface area contributed by atoms with E-state index in [0.717, 1.165) is 18.3 Å². The van der Waals surface area contributed by atoms with Gasteiger partial charge in [-0.3, -0.25) is 4.79 Å². The van der Waals surface area contributed by atoms with Crippen molar-refractivity contribution in [1.82, 2.24) is 29.6 Å². The first-order valence-electron chi connectivity index (χ1n) is 10.4. The average molecular weight is 482 g/mol. The van der Waals surface area contributed by atoms with Gasteiger partial charge in [-0.1, -0.05) is 24.3 Å². The van der Waals surface area contributed by atoms with Crippen molar-refractivity contribution in [1.29, 1.82) is 0 Å². The van der Waals surface area contributed by atoms with Gasteiger partial charge < -0.3 is 16.0 Å². The summed E-state index contributed by atoms with van der Waals surface area (Å²) in [5, 5.41) is 7.56. The van der Waals surface area contributed by atoms with E-state index in [-0.39, 0.29) is 11.5 Å². The van der Waals surface area contributed by atoms with Gasteiger partial charge in [0.1, 0.15) is 6.54 Å². The smallest absolute Gasteiger partial charge is 0.368 e. The number of hydrogen-bond acceptors (Lipinski definition) is 7. The fourth-order valence-electron chi connectivity index (χ4n) is 3.33. The Morgan fingerprint density at radius 2 is 1.69 bits per heavy atom. The highest BCUT2D eigenvalue weighted by Crippen LogP contribution is 2.24. The fraction of sp³-hybridized carbons (Fsp3) is 0.174. The quantitative estimate of drug-likeness (QED) is 0.428. The van der Waals surface area contributed by atoms with E-state index in [1.54, 1.807) is 36.1 Å². The molecule has 0 aliphatic rings. The maximum absolute atomic E-state index is 12.5. The molecule has 12 heteroatoms. The molecule has 0 saturated heterocycles. The molecule has 4 aromatic rings. The molecular weight excluding hydrogens is 461 g/mol. The van der Waals surface area contributed by atoms with E-state index < -0.39 is 18.6 Å². The topological polar surface area (TPSA) is 115 Å². The predicted molar refractivity (Wildman–Crippen MR) is 125 cm³/mol. The van der Waals surface area contributed by atoms with E-state index in [0.29, 0.717) is 27.9 Å². The Balaban J connectivity index is 1.46. The van der Waals surface area contributed by atoms with Crippen LogP contribution in [0.1, 0.15) is 10.4 Å². The maximum atomic E-state index is 12.5. The number of nitrogens with two attached hydrogens (primary N) is 1. The van der Waals surface area contributed by atoms with Crippen LogP contribution in [0.2, 0.25) is 0 Å². The Hall–Kier alpha value is -4.48. The van der Waals surface area contributed by atoms with Crippen LogP contribution in [0.5, 0.6) is 0 Å². The molecule has 0 spiro atoms. The lowest BCUT2D eigenvalue weighted by Crippen LogP contribution is -2.35. The lowest BCUT2D eigenvalue weighted by Gasteiger charge is -2.18. The Kier molecular flexibility index (Phi) is 6.36. The number of rotatable bonds is 6. The van der Waals surface area contributed by atoms with Crippen molar-refractivity contribution >= 4 is 23.5 Å². The van der Waals surface area contributed by atoms with Crippen LogP contribution in [0.3, 0.4) is 0 Å². The number of aromatic nitrogens is 5. The fourth-order valence-corrected chi connectivity index (χ4v) is 3.33. The maximum Gasteiger partial charge on any atom is 0.406 e. The van der Waals surface area contributed by atoms with E-state index in [9.17, 15) is 18.0 Å². The molecule has 35 heavy (non-hydrogen) atoms. The first-order valence-corrected chi connectivity index (χ1v) is 10.4. The Bertz CT molecular complexity index is 1330. The zero-order valence-electron chi connectivity index (χ0n) is 18.8. The number of amides is 1. The van der Waals surface area contributed by atoms with Gasteiger partial charge in [-0.15, -0.1) is 5.10 Å². The third kappa shape index (κ3) is 5.72. The van der Waals surface area contributed by atoms with Gasteiger partial charge in [-0.05, 0) is 30.3 Å². The molecule has 9 nitrogen and oxygen atoms in total. The summed E-state index contributed by atoms with van der Waals surface area (Å²) in [6, 6.07) is 15.3. The highest BCUT2D eigenvalue weighted by Gasteiger charge is 2.31. The molecule has 0 aliphatic heterocycles. The average Bonchev–Trinajstić information content (AvgIpc) is 3.18. The first kappa shape index (κ1) is 23.7. The molecule has 3 N–H and O–H groups in total. The minimum absolute atomic E-state index is 0.139. The zero-order chi connectivity index (χ0) is 25.2. The molecule has 180 valence electrons.